The van der Waals surface area contributed by atoms with Crippen molar-refractivity contribution >= 4 is 5.91 Å². The Bertz CT molecular complexity index is 296. The van der Waals surface area contributed by atoms with Gasteiger partial charge >= 0.3 is 0 Å². The van der Waals surface area contributed by atoms with Gasteiger partial charge in [0.2, 0.25) is 0 Å². The van der Waals surface area contributed by atoms with Gasteiger partial charge in [0, 0.05) is 0 Å². The normalized spacial score (nSPS) is 30.0. The van der Waals surface area contributed by atoms with Crippen molar-refractivity contribution in [1.29, 1.82) is 0 Å². The number of rotatable bonds is 3. The fraction of sp³-hybridized carbons (Fsp3) is 0.300. The predicted molar refractivity (Wildman–Crippen MR) is 51.5 cm³/mol. The Labute approximate surface area is 82.2 Å². The van der Waals surface area contributed by atoms with Crippen molar-refractivity contribution < 1.29 is 15.1 Å². The quantitative estimate of drug-likeness (QED) is 0.350. The molecule has 2 unspecified atom stereocenters. The molecule has 0 aliphatic heterocycles. The van der Waals surface area contributed by atoms with Crippen LogP contribution < -0.4 is 5.48 Å². The highest BCUT2D eigenvalue weighted by Crippen LogP contribution is 2.28. The standard InChI is InChI=1S/C10H13NO3/c1-2-6-10(13)7-4-3-5-8(10)9(12)11-14/h2-5,7-8,13-14H,1,6H2,(H,11,12). The lowest BCUT2D eigenvalue weighted by atomic mass is 9.81. The number of aliphatic hydroxyl groups is 1. The minimum Gasteiger partial charge on any atom is -0.384 e. The van der Waals surface area contributed by atoms with Crippen LogP contribution in [-0.4, -0.2) is 21.8 Å². The largest absolute Gasteiger partial charge is 0.384 e. The number of nitrogens with one attached hydrogen (secondary N) is 1. The average molecular weight is 195 g/mol. The summed E-state index contributed by atoms with van der Waals surface area (Å²) in [7, 11) is 0. The lowest BCUT2D eigenvalue weighted by molar-refractivity contribution is -0.137. The zero-order valence-corrected chi connectivity index (χ0v) is 7.68. The van der Waals surface area contributed by atoms with Gasteiger partial charge in [0.15, 0.2) is 0 Å². The third-order valence-electron chi connectivity index (χ3n) is 2.20. The fourth-order valence-electron chi connectivity index (χ4n) is 1.48. The Morgan fingerprint density at radius 1 is 1.64 bits per heavy atom. The van der Waals surface area contributed by atoms with E-state index in [2.05, 4.69) is 6.58 Å². The van der Waals surface area contributed by atoms with Crippen molar-refractivity contribution in [3.8, 4) is 0 Å². The Kier molecular flexibility index (Phi) is 3.22. The number of carbonyl (C=O) groups excluding carboxylic acids is 1. The second-order valence-corrected chi connectivity index (χ2v) is 3.18. The summed E-state index contributed by atoms with van der Waals surface area (Å²) in [6.07, 6.45) is 8.15. The van der Waals surface area contributed by atoms with Crippen LogP contribution in [0.2, 0.25) is 0 Å². The van der Waals surface area contributed by atoms with Crippen LogP contribution in [0.5, 0.6) is 0 Å². The molecule has 4 heteroatoms. The van der Waals surface area contributed by atoms with E-state index in [-0.39, 0.29) is 6.42 Å². The van der Waals surface area contributed by atoms with Crippen LogP contribution in [0, 0.1) is 5.92 Å². The molecule has 0 saturated heterocycles. The zero-order chi connectivity index (χ0) is 10.6. The predicted octanol–water partition coefficient (Wildman–Crippen LogP) is 0.541. The van der Waals surface area contributed by atoms with Crippen LogP contribution in [0.15, 0.2) is 37.0 Å². The molecular formula is C10H13NO3. The van der Waals surface area contributed by atoms with E-state index in [4.69, 9.17) is 5.21 Å². The van der Waals surface area contributed by atoms with Crippen molar-refractivity contribution in [2.45, 2.75) is 12.0 Å². The summed E-state index contributed by atoms with van der Waals surface area (Å²) in [4.78, 5) is 11.2. The van der Waals surface area contributed by atoms with E-state index in [1.54, 1.807) is 12.2 Å². The molecule has 0 heterocycles. The van der Waals surface area contributed by atoms with Gasteiger partial charge in [-0.15, -0.1) is 6.58 Å². The first-order chi connectivity index (χ1) is 6.64. The van der Waals surface area contributed by atoms with E-state index < -0.39 is 17.4 Å². The number of allylic oxidation sites excluding steroid dienone is 2. The van der Waals surface area contributed by atoms with Gasteiger partial charge in [0.1, 0.15) is 5.60 Å². The van der Waals surface area contributed by atoms with Crippen molar-refractivity contribution in [2.24, 2.45) is 5.92 Å². The SMILES string of the molecule is C=CCC1(O)C=CC=CC1C(=O)NO. The molecule has 1 aliphatic carbocycles. The van der Waals surface area contributed by atoms with E-state index in [1.165, 1.54) is 23.7 Å². The summed E-state index contributed by atoms with van der Waals surface area (Å²) < 4.78 is 0. The summed E-state index contributed by atoms with van der Waals surface area (Å²) in [6, 6.07) is 0. The molecule has 1 amide bonds. The van der Waals surface area contributed by atoms with Gasteiger partial charge in [0.05, 0.1) is 5.92 Å². The smallest absolute Gasteiger partial charge is 0.253 e. The third kappa shape index (κ3) is 1.92. The fourth-order valence-corrected chi connectivity index (χ4v) is 1.48. The van der Waals surface area contributed by atoms with Gasteiger partial charge < -0.3 is 5.11 Å². The zero-order valence-electron chi connectivity index (χ0n) is 7.68. The van der Waals surface area contributed by atoms with Gasteiger partial charge in [-0.3, -0.25) is 10.0 Å². The Morgan fingerprint density at radius 2 is 2.36 bits per heavy atom. The summed E-state index contributed by atoms with van der Waals surface area (Å²) in [5, 5.41) is 18.5. The minimum atomic E-state index is -1.29. The maximum Gasteiger partial charge on any atom is 0.253 e. The monoisotopic (exact) mass is 195 g/mol. The molecule has 76 valence electrons. The molecule has 0 aromatic rings. The topological polar surface area (TPSA) is 69.6 Å². The minimum absolute atomic E-state index is 0.256. The van der Waals surface area contributed by atoms with E-state index >= 15 is 0 Å². The maximum absolute atomic E-state index is 11.2. The van der Waals surface area contributed by atoms with Crippen molar-refractivity contribution in [3.63, 3.8) is 0 Å². The highest BCUT2D eigenvalue weighted by atomic mass is 16.5. The first kappa shape index (κ1) is 10.7. The van der Waals surface area contributed by atoms with Crippen LogP contribution in [0.4, 0.5) is 0 Å². The van der Waals surface area contributed by atoms with E-state index in [0.717, 1.165) is 0 Å². The van der Waals surface area contributed by atoms with Crippen LogP contribution in [0.1, 0.15) is 6.42 Å². The summed E-state index contributed by atoms with van der Waals surface area (Å²) in [5.74, 6) is -1.41. The van der Waals surface area contributed by atoms with Crippen LogP contribution in [0.25, 0.3) is 0 Å². The average Bonchev–Trinajstić information content (AvgIpc) is 2.17. The number of hydrogen-bond acceptors (Lipinski definition) is 3. The molecule has 2 atom stereocenters. The van der Waals surface area contributed by atoms with Gasteiger partial charge in [-0.05, 0) is 6.42 Å². The molecule has 0 aromatic carbocycles. The second kappa shape index (κ2) is 4.21. The first-order valence-electron chi connectivity index (χ1n) is 4.27. The molecule has 4 nitrogen and oxygen atoms in total. The van der Waals surface area contributed by atoms with Crippen molar-refractivity contribution in [2.75, 3.05) is 0 Å². The number of hydrogen-bond donors (Lipinski definition) is 3. The van der Waals surface area contributed by atoms with Gasteiger partial charge in [0.25, 0.3) is 5.91 Å². The van der Waals surface area contributed by atoms with E-state index in [0.29, 0.717) is 0 Å². The van der Waals surface area contributed by atoms with E-state index in [9.17, 15) is 9.90 Å². The molecule has 0 fully saturated rings. The molecule has 0 radical (unpaired) electrons. The van der Waals surface area contributed by atoms with Crippen molar-refractivity contribution in [1.82, 2.24) is 5.48 Å². The highest BCUT2D eigenvalue weighted by Gasteiger charge is 2.37. The number of amides is 1. The molecule has 0 saturated carbocycles. The Hall–Kier alpha value is -1.39. The van der Waals surface area contributed by atoms with Crippen LogP contribution in [-0.2, 0) is 4.79 Å². The van der Waals surface area contributed by atoms with Crippen LogP contribution in [0.3, 0.4) is 0 Å². The summed E-state index contributed by atoms with van der Waals surface area (Å²) >= 11 is 0. The summed E-state index contributed by atoms with van der Waals surface area (Å²) in [5.41, 5.74) is 0.242. The van der Waals surface area contributed by atoms with Gasteiger partial charge in [-0.1, -0.05) is 30.4 Å². The van der Waals surface area contributed by atoms with Gasteiger partial charge in [-0.25, -0.2) is 5.48 Å². The van der Waals surface area contributed by atoms with Crippen molar-refractivity contribution in [3.05, 3.63) is 37.0 Å². The molecule has 1 aliphatic rings. The number of carbonyl (C=O) groups is 1. The highest BCUT2D eigenvalue weighted by molar-refractivity contribution is 5.81. The lowest BCUT2D eigenvalue weighted by Gasteiger charge is -2.31. The Balaban J connectivity index is 2.91. The Morgan fingerprint density at radius 3 is 2.93 bits per heavy atom. The third-order valence-corrected chi connectivity index (χ3v) is 2.20. The maximum atomic E-state index is 11.2. The van der Waals surface area contributed by atoms with Crippen LogP contribution >= 0.6 is 0 Å². The molecule has 0 aromatic heterocycles. The molecular weight excluding hydrogens is 182 g/mol. The van der Waals surface area contributed by atoms with Gasteiger partial charge in [-0.2, -0.15) is 0 Å². The molecule has 1 rings (SSSR count). The van der Waals surface area contributed by atoms with E-state index in [1.807, 2.05) is 0 Å². The summed E-state index contributed by atoms with van der Waals surface area (Å²) in [6.45, 7) is 3.51. The number of hydroxylamine groups is 1. The first-order valence-corrected chi connectivity index (χ1v) is 4.27. The second-order valence-electron chi connectivity index (χ2n) is 3.18. The molecule has 0 bridgehead atoms. The lowest BCUT2D eigenvalue weighted by Crippen LogP contribution is -2.44. The molecule has 14 heavy (non-hydrogen) atoms. The molecule has 3 N–H and O–H groups in total. The molecule has 0 spiro atoms.